The van der Waals surface area contributed by atoms with Crippen molar-refractivity contribution in [3.63, 3.8) is 0 Å². The number of aromatic nitrogens is 2. The highest BCUT2D eigenvalue weighted by Crippen LogP contribution is 2.25. The van der Waals surface area contributed by atoms with Crippen LogP contribution < -0.4 is 0 Å². The lowest BCUT2D eigenvalue weighted by Crippen LogP contribution is -2.31. The van der Waals surface area contributed by atoms with E-state index in [0.29, 0.717) is 11.3 Å². The van der Waals surface area contributed by atoms with Gasteiger partial charge in [-0.05, 0) is 25.0 Å². The summed E-state index contributed by atoms with van der Waals surface area (Å²) in [4.78, 5) is 29.2. The van der Waals surface area contributed by atoms with E-state index < -0.39 is 4.92 Å². The molecule has 1 aromatic carbocycles. The highest BCUT2D eigenvalue weighted by Gasteiger charge is 2.22. The van der Waals surface area contributed by atoms with Gasteiger partial charge in [0.05, 0.1) is 11.3 Å². The lowest BCUT2D eigenvalue weighted by molar-refractivity contribution is -0.384. The first-order valence-electron chi connectivity index (χ1n) is 7.73. The van der Waals surface area contributed by atoms with Gasteiger partial charge in [0.15, 0.2) is 0 Å². The number of likely N-dealkylation sites (tertiary alicyclic amines) is 1. The minimum Gasteiger partial charge on any atom is -0.339 e. The summed E-state index contributed by atoms with van der Waals surface area (Å²) >= 11 is 0. The SMILES string of the molecule is O=C(c1ccc(-n2ccnc2)c([N+](=O)[O-])c1)N1CCCCCC1. The van der Waals surface area contributed by atoms with E-state index in [0.717, 1.165) is 38.8 Å². The fourth-order valence-electron chi connectivity index (χ4n) is 2.88. The topological polar surface area (TPSA) is 81.3 Å². The van der Waals surface area contributed by atoms with Gasteiger partial charge in [-0.1, -0.05) is 12.8 Å². The van der Waals surface area contributed by atoms with Crippen LogP contribution in [-0.4, -0.2) is 38.4 Å². The fourth-order valence-corrected chi connectivity index (χ4v) is 2.88. The number of imidazole rings is 1. The molecule has 1 amide bonds. The predicted octanol–water partition coefficient (Wildman–Crippen LogP) is 2.80. The van der Waals surface area contributed by atoms with Gasteiger partial charge in [0, 0.05) is 37.1 Å². The van der Waals surface area contributed by atoms with E-state index in [4.69, 9.17) is 0 Å². The normalized spacial score (nSPS) is 15.2. The van der Waals surface area contributed by atoms with Crippen molar-refractivity contribution in [2.24, 2.45) is 0 Å². The molecule has 0 N–H and O–H groups in total. The van der Waals surface area contributed by atoms with E-state index in [2.05, 4.69) is 4.98 Å². The highest BCUT2D eigenvalue weighted by atomic mass is 16.6. The van der Waals surface area contributed by atoms with Crippen molar-refractivity contribution in [2.45, 2.75) is 25.7 Å². The first-order valence-corrected chi connectivity index (χ1v) is 7.73. The summed E-state index contributed by atoms with van der Waals surface area (Å²) in [7, 11) is 0. The number of benzene rings is 1. The van der Waals surface area contributed by atoms with Crippen LogP contribution in [0.3, 0.4) is 0 Å². The van der Waals surface area contributed by atoms with Crippen LogP contribution in [0.1, 0.15) is 36.0 Å². The predicted molar refractivity (Wildman–Crippen MR) is 84.6 cm³/mol. The molecule has 23 heavy (non-hydrogen) atoms. The average Bonchev–Trinajstić information content (AvgIpc) is 2.96. The van der Waals surface area contributed by atoms with E-state index in [-0.39, 0.29) is 11.6 Å². The van der Waals surface area contributed by atoms with Gasteiger partial charge in [0.25, 0.3) is 11.6 Å². The molecule has 0 aliphatic carbocycles. The first kappa shape index (κ1) is 15.2. The van der Waals surface area contributed by atoms with Crippen LogP contribution in [0.4, 0.5) is 5.69 Å². The molecule has 0 unspecified atom stereocenters. The largest absolute Gasteiger partial charge is 0.339 e. The second-order valence-corrected chi connectivity index (χ2v) is 5.64. The zero-order chi connectivity index (χ0) is 16.2. The minimum atomic E-state index is -0.464. The van der Waals surface area contributed by atoms with Crippen LogP contribution >= 0.6 is 0 Å². The molecule has 1 aromatic heterocycles. The summed E-state index contributed by atoms with van der Waals surface area (Å²) in [5.41, 5.74) is 0.672. The van der Waals surface area contributed by atoms with E-state index in [9.17, 15) is 14.9 Å². The van der Waals surface area contributed by atoms with Gasteiger partial charge in [-0.2, -0.15) is 0 Å². The number of carbonyl (C=O) groups excluding carboxylic acids is 1. The molecular formula is C16H18N4O3. The van der Waals surface area contributed by atoms with Gasteiger partial charge in [0.2, 0.25) is 0 Å². The second-order valence-electron chi connectivity index (χ2n) is 5.64. The van der Waals surface area contributed by atoms with Crippen LogP contribution in [0.15, 0.2) is 36.9 Å². The Hall–Kier alpha value is -2.70. The van der Waals surface area contributed by atoms with Crippen molar-refractivity contribution in [1.29, 1.82) is 0 Å². The van der Waals surface area contributed by atoms with Gasteiger partial charge < -0.3 is 9.47 Å². The standard InChI is InChI=1S/C16H18N4O3/c21-16(18-8-3-1-2-4-9-18)13-5-6-14(15(11-13)20(22)23)19-10-7-17-12-19/h5-7,10-12H,1-4,8-9H2. The molecule has 1 aliphatic rings. The minimum absolute atomic E-state index is 0.0938. The Labute approximate surface area is 133 Å². The number of hydrogen-bond acceptors (Lipinski definition) is 4. The Morgan fingerprint density at radius 3 is 2.52 bits per heavy atom. The summed E-state index contributed by atoms with van der Waals surface area (Å²) in [5.74, 6) is -0.132. The van der Waals surface area contributed by atoms with E-state index in [1.807, 2.05) is 0 Å². The zero-order valence-electron chi connectivity index (χ0n) is 12.7. The van der Waals surface area contributed by atoms with Gasteiger partial charge in [-0.25, -0.2) is 4.98 Å². The van der Waals surface area contributed by atoms with Crippen molar-refractivity contribution in [1.82, 2.24) is 14.5 Å². The van der Waals surface area contributed by atoms with Crippen LogP contribution in [-0.2, 0) is 0 Å². The maximum atomic E-state index is 12.6. The molecule has 3 rings (SSSR count). The third kappa shape index (κ3) is 3.23. The summed E-state index contributed by atoms with van der Waals surface area (Å²) in [5, 5.41) is 11.4. The number of carbonyl (C=O) groups is 1. The molecule has 2 aromatic rings. The van der Waals surface area contributed by atoms with E-state index >= 15 is 0 Å². The third-order valence-electron chi connectivity index (χ3n) is 4.09. The Bertz CT molecular complexity index is 704. The van der Waals surface area contributed by atoms with Crippen molar-refractivity contribution < 1.29 is 9.72 Å². The smallest absolute Gasteiger partial charge is 0.294 e. The quantitative estimate of drug-likeness (QED) is 0.644. The molecule has 1 fully saturated rings. The molecular weight excluding hydrogens is 296 g/mol. The Balaban J connectivity index is 1.93. The zero-order valence-corrected chi connectivity index (χ0v) is 12.7. The van der Waals surface area contributed by atoms with Crippen molar-refractivity contribution in [3.8, 4) is 5.69 Å². The van der Waals surface area contributed by atoms with Crippen LogP contribution in [0, 0.1) is 10.1 Å². The summed E-state index contributed by atoms with van der Waals surface area (Å²) in [6, 6.07) is 4.61. The summed E-state index contributed by atoms with van der Waals surface area (Å²) in [6.45, 7) is 1.44. The number of rotatable bonds is 3. The molecule has 2 heterocycles. The van der Waals surface area contributed by atoms with Crippen LogP contribution in [0.2, 0.25) is 0 Å². The molecule has 7 nitrogen and oxygen atoms in total. The average molecular weight is 314 g/mol. The van der Waals surface area contributed by atoms with Crippen molar-refractivity contribution in [2.75, 3.05) is 13.1 Å². The molecule has 0 radical (unpaired) electrons. The monoisotopic (exact) mass is 314 g/mol. The molecule has 1 saturated heterocycles. The van der Waals surface area contributed by atoms with Crippen LogP contribution in [0.25, 0.3) is 5.69 Å². The molecule has 0 spiro atoms. The van der Waals surface area contributed by atoms with Crippen molar-refractivity contribution in [3.05, 3.63) is 52.6 Å². The third-order valence-corrected chi connectivity index (χ3v) is 4.09. The summed E-state index contributed by atoms with van der Waals surface area (Å²) in [6.07, 6.45) is 8.92. The lowest BCUT2D eigenvalue weighted by atomic mass is 10.1. The molecule has 120 valence electrons. The van der Waals surface area contributed by atoms with Gasteiger partial charge >= 0.3 is 0 Å². The highest BCUT2D eigenvalue weighted by molar-refractivity contribution is 5.95. The number of hydrogen-bond donors (Lipinski definition) is 0. The number of amides is 1. The number of nitrogens with zero attached hydrogens (tertiary/aromatic N) is 4. The maximum Gasteiger partial charge on any atom is 0.294 e. The van der Waals surface area contributed by atoms with Gasteiger partial charge in [-0.15, -0.1) is 0 Å². The fraction of sp³-hybridized carbons (Fsp3) is 0.375. The Morgan fingerprint density at radius 2 is 1.91 bits per heavy atom. The van der Waals surface area contributed by atoms with Crippen LogP contribution in [0.5, 0.6) is 0 Å². The number of nitro benzene ring substituents is 1. The second kappa shape index (κ2) is 6.60. The molecule has 1 aliphatic heterocycles. The molecule has 0 atom stereocenters. The van der Waals surface area contributed by atoms with E-state index in [1.54, 1.807) is 34.0 Å². The van der Waals surface area contributed by atoms with Gasteiger partial charge in [0.1, 0.15) is 5.69 Å². The summed E-state index contributed by atoms with van der Waals surface area (Å²) < 4.78 is 1.57. The van der Waals surface area contributed by atoms with Gasteiger partial charge in [-0.3, -0.25) is 14.9 Å². The number of nitro groups is 1. The molecule has 7 heteroatoms. The Kier molecular flexibility index (Phi) is 4.36. The molecule has 0 saturated carbocycles. The Morgan fingerprint density at radius 1 is 1.17 bits per heavy atom. The van der Waals surface area contributed by atoms with E-state index in [1.165, 1.54) is 12.4 Å². The maximum absolute atomic E-state index is 12.6. The lowest BCUT2D eigenvalue weighted by Gasteiger charge is -2.20. The van der Waals surface area contributed by atoms with Crippen molar-refractivity contribution >= 4 is 11.6 Å². The first-order chi connectivity index (χ1) is 11.2. The molecule has 0 bridgehead atoms.